The zero-order valence-electron chi connectivity index (χ0n) is 100. The number of pyridine rings is 2. The van der Waals surface area contributed by atoms with E-state index >= 15 is 18.4 Å². The maximum absolute atomic E-state index is 15.6. The summed E-state index contributed by atoms with van der Waals surface area (Å²) >= 11 is -0.0599. The van der Waals surface area contributed by atoms with Crippen LogP contribution in [0.3, 0.4) is 0 Å². The lowest BCUT2D eigenvalue weighted by Gasteiger charge is -2.39. The predicted molar refractivity (Wildman–Crippen MR) is 395 cm³/mol. The van der Waals surface area contributed by atoms with Gasteiger partial charge in [-0.25, -0.2) is 17.6 Å². The number of hydrogen-bond donors (Lipinski definition) is 0. The summed E-state index contributed by atoms with van der Waals surface area (Å²) in [5.74, 6) is -11.3. The number of likely N-dealkylation sites (tertiary alicyclic amines) is 2. The van der Waals surface area contributed by atoms with Gasteiger partial charge in [0, 0.05) is 154 Å². The van der Waals surface area contributed by atoms with Gasteiger partial charge in [0.15, 0.2) is 34.1 Å². The van der Waals surface area contributed by atoms with Crippen molar-refractivity contribution in [3.63, 3.8) is 0 Å². The second-order valence-electron chi connectivity index (χ2n) is 21.9. The Morgan fingerprint density at radius 3 is 1.31 bits per heavy atom. The third kappa shape index (κ3) is 19.6. The summed E-state index contributed by atoms with van der Waals surface area (Å²) in [5, 5.41) is -3.79. The lowest BCUT2D eigenvalue weighted by Crippen LogP contribution is -2.48. The Labute approximate surface area is 681 Å². The highest BCUT2D eigenvalue weighted by atomic mass is 32.2. The van der Waals surface area contributed by atoms with E-state index in [-0.39, 0.29) is 44.1 Å². The van der Waals surface area contributed by atoms with Crippen LogP contribution in [0.4, 0.5) is 43.9 Å². The Kier molecular flexibility index (Phi) is 12.6. The molecule has 12 rings (SSSR count). The number of carbonyl (C=O) groups excluding carboxylic acids is 2. The Bertz CT molecular complexity index is 7150. The lowest BCUT2D eigenvalue weighted by molar-refractivity contribution is -0.138. The number of ether oxygens (including phenoxy) is 2. The number of carbonyl (C=O) groups is 2. The summed E-state index contributed by atoms with van der Waals surface area (Å²) in [6.45, 7) is -46.7. The minimum absolute atomic E-state index is 0.00296. The van der Waals surface area contributed by atoms with Gasteiger partial charge in [0.25, 0.3) is 0 Å². The molecule has 2 aliphatic rings. The van der Waals surface area contributed by atoms with E-state index in [0.717, 1.165) is 117 Å². The van der Waals surface area contributed by atoms with Crippen LogP contribution in [0.25, 0.3) is 44.1 Å². The number of thioether (sulfide) groups is 2. The van der Waals surface area contributed by atoms with Crippen LogP contribution in [0.1, 0.15) is 133 Å². The first kappa shape index (κ1) is 38.2. The molecule has 10 aromatic rings. The number of methoxy groups -OCH3 is 2. The molecule has 0 saturated carbocycles. The van der Waals surface area contributed by atoms with Crippen LogP contribution >= 0.6 is 23.5 Å². The van der Waals surface area contributed by atoms with E-state index in [1.165, 1.54) is 0 Å². The Morgan fingerprint density at radius 2 is 0.915 bits per heavy atom. The van der Waals surface area contributed by atoms with Crippen LogP contribution in [-0.4, -0.2) is 119 Å². The summed E-state index contributed by atoms with van der Waals surface area (Å²) < 4.78 is 552. The minimum Gasteiger partial charge on any atom is -0.383 e. The average Bonchev–Trinajstić information content (AvgIpc) is 0.653. The van der Waals surface area contributed by atoms with Crippen molar-refractivity contribution in [1.82, 2.24) is 28.7 Å². The summed E-state index contributed by atoms with van der Waals surface area (Å²) in [6, 6.07) is 1.33. The van der Waals surface area contributed by atoms with E-state index in [2.05, 4.69) is 9.47 Å². The zero-order valence-corrected chi connectivity index (χ0v) is 55.7. The van der Waals surface area contributed by atoms with Gasteiger partial charge in [-0.05, 0) is 133 Å². The second-order valence-corrected chi connectivity index (χ2v) is 23.6. The smallest absolute Gasteiger partial charge is 0.383 e. The fraction of sp³-hybridized carbons (Fsp3) is 0.317. The lowest BCUT2D eigenvalue weighted by atomic mass is 10.00. The van der Waals surface area contributed by atoms with Gasteiger partial charge >= 0.3 is 12.4 Å². The number of nitrogens with zero attached hydrogens (tertiary/aromatic N) is 6. The summed E-state index contributed by atoms with van der Waals surface area (Å²) in [4.78, 5) is 55.6. The van der Waals surface area contributed by atoms with Gasteiger partial charge in [0.2, 0.25) is 11.8 Å². The van der Waals surface area contributed by atoms with Gasteiger partial charge in [-0.2, -0.15) is 26.3 Å². The number of aromatic nitrogens is 2. The fourth-order valence-electron chi connectivity index (χ4n) is 9.73. The molecule has 2 aromatic heterocycles. The molecular formula is C82H80F10N6O6S2. The van der Waals surface area contributed by atoms with E-state index in [1.54, 1.807) is 0 Å². The number of fused-ring (bicyclic) bond motifs is 2. The van der Waals surface area contributed by atoms with E-state index < -0.39 is 338 Å². The van der Waals surface area contributed by atoms with E-state index in [4.69, 9.17) is 43.9 Å². The molecule has 0 N–H and O–H groups in total. The SMILES string of the molecule is [2H]c1c(C)c([2H])c2c(=O)c([2H])c(SC([2H])([2H])c3cccc(F)c3F)n(CC(=O)N(C([2H])([2H])c3ccc(-c4ccc(C(F)(F)F)cc4)cc3)C3([2H])C([2H])([2H])C([2H])([2H])N(C([2H])([2H])C([2H])([2H])OC([2H])([2H])[2H])C([2H])([2H])C3([2H])[2H])c2c1[2H].[2H]c1c(C)c([2H])c2c(=O)c([2H])c(SCc3cccc(F)c3F)n(CC(=O)N(C([2H])([2H])c3ccc(-c4ccc(C(F)(F)F)cc4)cc3)C3([2H])C([2H])([2H])C([2H])([2H])N(C([2H])([2H])C([2H])([2H])OC([2H])([2H])[2H])C([2H])([2H])C3([2H])[2H])c2c1[2H]. The van der Waals surface area contributed by atoms with Gasteiger partial charge in [0.05, 0.1) is 78.2 Å². The maximum atomic E-state index is 15.6. The number of halogens is 10. The third-order valence-corrected chi connectivity index (χ3v) is 16.7. The molecule has 0 radical (unpaired) electrons. The van der Waals surface area contributed by atoms with Crippen molar-refractivity contribution < 1.29 is 126 Å². The van der Waals surface area contributed by atoms with Gasteiger partial charge in [0.1, 0.15) is 13.1 Å². The standard InChI is InChI=1S/2C41H40F5N3O3S/c2*1-27-6-15-36-34(22-27)37(50)23-39(53-26-31-4-3-5-35(42)40(31)43)49(36)25-38(51)48(33-16-18-47(19-17-33)20-21-52-2)24-28-7-9-29(10-8-28)30-11-13-32(14-12-30)41(44,45)46/h2*3-15,22-23,33H,16-21,24-26H2,1-2H3/i2D3,6D,15D,16D2,17D2,18D2,19D2,20D2,21D2,22D,23D,24D2,26D2,33D;2D3,6D,15D,16D2,17D2,18D2,19D2,20D2,21D2,22D,23D,24D2,33D. The summed E-state index contributed by atoms with van der Waals surface area (Å²) in [7, 11) is -7.81. The molecule has 556 valence electrons. The molecule has 24 heteroatoms. The molecule has 2 aliphatic heterocycles. The maximum Gasteiger partial charge on any atom is 0.416 e. The molecule has 106 heavy (non-hydrogen) atoms. The number of rotatable bonds is 24. The highest BCUT2D eigenvalue weighted by Gasteiger charge is 2.34. The molecule has 12 nitrogen and oxygen atoms in total. The van der Waals surface area contributed by atoms with Gasteiger partial charge in [-0.15, -0.1) is 23.5 Å². The molecule has 8 aromatic carbocycles. The first-order valence-electron chi connectivity index (χ1n) is 53.2. The second kappa shape index (κ2) is 35.1. The molecule has 0 spiro atoms. The largest absolute Gasteiger partial charge is 0.416 e. The Morgan fingerprint density at radius 1 is 0.538 bits per heavy atom. The van der Waals surface area contributed by atoms with Crippen molar-refractivity contribution in [3.05, 3.63) is 270 Å². The number of amides is 2. The monoisotopic (exact) mass is 1540 g/mol. The summed E-state index contributed by atoms with van der Waals surface area (Å²) in [5.41, 5.74) is -14.2. The van der Waals surface area contributed by atoms with Crippen molar-refractivity contribution in [2.75, 3.05) is 66.2 Å². The van der Waals surface area contributed by atoms with Crippen LogP contribution in [0.5, 0.6) is 0 Å². The van der Waals surface area contributed by atoms with Crippen molar-refractivity contribution in [2.24, 2.45) is 0 Å². The topological polar surface area (TPSA) is 110 Å². The molecule has 0 unspecified atom stereocenters. The van der Waals surface area contributed by atoms with Crippen LogP contribution < -0.4 is 10.9 Å². The third-order valence-electron chi connectivity index (χ3n) is 14.8. The first-order valence-corrected chi connectivity index (χ1v) is 32.0. The number of alkyl halides is 6. The van der Waals surface area contributed by atoms with Gasteiger partial charge < -0.3 is 38.2 Å². The normalized spacial score (nSPS) is 26.1. The van der Waals surface area contributed by atoms with E-state index in [0.29, 0.717) is 46.7 Å². The quantitative estimate of drug-likeness (QED) is 0.0428. The number of piperidine rings is 2. The zero-order chi connectivity index (χ0) is 116. The van der Waals surface area contributed by atoms with Crippen LogP contribution in [0.15, 0.2) is 201 Å². The Balaban J connectivity index is 0.000000288. The molecule has 0 bridgehead atoms. The molecule has 4 heterocycles. The number of benzene rings is 8. The van der Waals surface area contributed by atoms with Crippen LogP contribution in [-0.2, 0) is 69.0 Å². The molecule has 2 saturated heterocycles. The van der Waals surface area contributed by atoms with E-state index in [9.17, 15) is 63.9 Å². The van der Waals surface area contributed by atoms with Crippen molar-refractivity contribution in [2.45, 2.75) is 111 Å². The molecule has 2 fully saturated rings. The van der Waals surface area contributed by atoms with Crippen molar-refractivity contribution in [3.8, 4) is 22.3 Å². The molecule has 0 aliphatic carbocycles. The van der Waals surface area contributed by atoms with E-state index in [1.807, 2.05) is 0 Å². The van der Waals surface area contributed by atoms with Crippen LogP contribution in [0, 0.1) is 37.1 Å². The van der Waals surface area contributed by atoms with Gasteiger partial charge in [-0.3, -0.25) is 19.2 Å². The first-order chi connectivity index (χ1) is 68.5. The minimum atomic E-state index is -4.89. The molecule has 0 atom stereocenters. The van der Waals surface area contributed by atoms with Gasteiger partial charge in [-0.1, -0.05) is 120 Å². The molecular weight excluding hydrogens is 1420 g/mol. The van der Waals surface area contributed by atoms with Crippen molar-refractivity contribution >= 4 is 57.1 Å². The Hall–Kier alpha value is -9.04. The average molecular weight is 1550 g/mol. The van der Waals surface area contributed by atoms with Crippen molar-refractivity contribution in [1.29, 1.82) is 0 Å². The molecule has 2 amide bonds. The van der Waals surface area contributed by atoms with Crippen LogP contribution in [0.2, 0.25) is 0 Å². The fourth-order valence-corrected chi connectivity index (χ4v) is 11.5. The predicted octanol–water partition coefficient (Wildman–Crippen LogP) is 17.4. The number of hydrogen-bond acceptors (Lipinski definition) is 10. The highest BCUT2D eigenvalue weighted by molar-refractivity contribution is 7.98. The highest BCUT2D eigenvalue weighted by Crippen LogP contribution is 2.36. The summed E-state index contributed by atoms with van der Waals surface area (Å²) in [6.07, 6.45) is -28.8.